The van der Waals surface area contributed by atoms with Crippen molar-refractivity contribution >= 4 is 23.8 Å². The van der Waals surface area contributed by atoms with Gasteiger partial charge in [0.1, 0.15) is 5.60 Å². The fraction of sp³-hybridized carbons (Fsp3) is 0.576. The third kappa shape index (κ3) is 10.1. The first-order chi connectivity index (χ1) is 20.0. The number of thioether (sulfide) groups is 1. The van der Waals surface area contributed by atoms with Gasteiger partial charge in [0, 0.05) is 57.1 Å². The SMILES string of the molecule is COCCCOc1cc(C(=O)N(C[C@@H]2CN(C(=O)OC(C)(C)C)C[C@H]2CSCc2ccccc2)C(C)C)ccc1OC. The second-order valence-electron chi connectivity index (χ2n) is 12.0. The summed E-state index contributed by atoms with van der Waals surface area (Å²) in [4.78, 5) is 30.7. The molecule has 8 nitrogen and oxygen atoms in total. The lowest BCUT2D eigenvalue weighted by molar-refractivity contribution is 0.0282. The summed E-state index contributed by atoms with van der Waals surface area (Å²) in [5, 5.41) is 0. The number of rotatable bonds is 14. The van der Waals surface area contributed by atoms with E-state index in [9.17, 15) is 9.59 Å². The number of ether oxygens (including phenoxy) is 4. The van der Waals surface area contributed by atoms with Crippen LogP contribution in [0.25, 0.3) is 0 Å². The van der Waals surface area contributed by atoms with Gasteiger partial charge < -0.3 is 28.7 Å². The Labute approximate surface area is 256 Å². The molecule has 1 aliphatic heterocycles. The Morgan fingerprint density at radius 1 is 1.00 bits per heavy atom. The molecule has 0 saturated carbocycles. The van der Waals surface area contributed by atoms with Crippen molar-refractivity contribution in [2.24, 2.45) is 11.8 Å². The molecule has 1 saturated heterocycles. The van der Waals surface area contributed by atoms with E-state index in [1.165, 1.54) is 5.56 Å². The highest BCUT2D eigenvalue weighted by Gasteiger charge is 2.39. The van der Waals surface area contributed by atoms with Crippen molar-refractivity contribution in [3.8, 4) is 11.5 Å². The quantitative estimate of drug-likeness (QED) is 0.233. The number of benzene rings is 2. The average Bonchev–Trinajstić information content (AvgIpc) is 3.36. The van der Waals surface area contributed by atoms with E-state index in [1.54, 1.807) is 32.4 Å². The normalized spacial score (nSPS) is 16.9. The number of amides is 2. The fourth-order valence-electron chi connectivity index (χ4n) is 4.97. The molecule has 232 valence electrons. The van der Waals surface area contributed by atoms with Gasteiger partial charge in [-0.15, -0.1) is 0 Å². The molecule has 2 aromatic carbocycles. The van der Waals surface area contributed by atoms with Crippen LogP contribution in [0.3, 0.4) is 0 Å². The van der Waals surface area contributed by atoms with Crippen molar-refractivity contribution in [3.05, 3.63) is 59.7 Å². The van der Waals surface area contributed by atoms with E-state index >= 15 is 0 Å². The van der Waals surface area contributed by atoms with Crippen LogP contribution in [-0.4, -0.2) is 86.3 Å². The van der Waals surface area contributed by atoms with Gasteiger partial charge >= 0.3 is 6.09 Å². The van der Waals surface area contributed by atoms with Gasteiger partial charge in [0.05, 0.1) is 13.7 Å². The molecular formula is C33H48N2O6S. The molecule has 0 radical (unpaired) electrons. The van der Waals surface area contributed by atoms with Gasteiger partial charge in [-0.1, -0.05) is 30.3 Å². The average molecular weight is 601 g/mol. The van der Waals surface area contributed by atoms with Crippen LogP contribution in [-0.2, 0) is 15.2 Å². The second kappa shape index (κ2) is 16.1. The molecule has 9 heteroatoms. The topological polar surface area (TPSA) is 77.5 Å². The van der Waals surface area contributed by atoms with E-state index in [0.717, 1.165) is 17.9 Å². The summed E-state index contributed by atoms with van der Waals surface area (Å²) in [6.07, 6.45) is 0.436. The van der Waals surface area contributed by atoms with Crippen molar-refractivity contribution in [1.82, 2.24) is 9.80 Å². The molecule has 3 rings (SSSR count). The summed E-state index contributed by atoms with van der Waals surface area (Å²) in [7, 11) is 3.25. The Morgan fingerprint density at radius 3 is 2.36 bits per heavy atom. The summed E-state index contributed by atoms with van der Waals surface area (Å²) in [6.45, 7) is 12.5. The first kappa shape index (κ1) is 33.6. The largest absolute Gasteiger partial charge is 0.493 e. The zero-order chi connectivity index (χ0) is 30.7. The van der Waals surface area contributed by atoms with Crippen molar-refractivity contribution in [2.45, 2.75) is 58.4 Å². The molecule has 42 heavy (non-hydrogen) atoms. The van der Waals surface area contributed by atoms with E-state index < -0.39 is 5.60 Å². The molecule has 1 heterocycles. The van der Waals surface area contributed by atoms with Crippen LogP contribution in [0.1, 0.15) is 57.0 Å². The molecule has 2 atom stereocenters. The Bertz CT molecular complexity index is 1140. The highest BCUT2D eigenvalue weighted by molar-refractivity contribution is 7.98. The molecule has 2 aromatic rings. The molecular weight excluding hydrogens is 552 g/mol. The first-order valence-electron chi connectivity index (χ1n) is 14.7. The Morgan fingerprint density at radius 2 is 1.71 bits per heavy atom. The van der Waals surface area contributed by atoms with Crippen LogP contribution in [0.5, 0.6) is 11.5 Å². The minimum atomic E-state index is -0.565. The van der Waals surface area contributed by atoms with E-state index in [-0.39, 0.29) is 29.9 Å². The number of hydrogen-bond acceptors (Lipinski definition) is 7. The predicted molar refractivity (Wildman–Crippen MR) is 169 cm³/mol. The maximum atomic E-state index is 13.9. The fourth-order valence-corrected chi connectivity index (χ4v) is 6.19. The van der Waals surface area contributed by atoms with Crippen LogP contribution in [0.2, 0.25) is 0 Å². The maximum absolute atomic E-state index is 13.9. The van der Waals surface area contributed by atoms with E-state index in [1.807, 2.05) is 62.2 Å². The third-order valence-corrected chi connectivity index (χ3v) is 8.35. The van der Waals surface area contributed by atoms with Crippen molar-refractivity contribution < 1.29 is 28.5 Å². The number of nitrogens with zero attached hydrogens (tertiary/aromatic N) is 2. The highest BCUT2D eigenvalue weighted by atomic mass is 32.2. The Kier molecular flexibility index (Phi) is 12.9. The Balaban J connectivity index is 1.76. The summed E-state index contributed by atoms with van der Waals surface area (Å²) in [5.41, 5.74) is 1.26. The number of methoxy groups -OCH3 is 2. The number of carbonyl (C=O) groups excluding carboxylic acids is 2. The van der Waals surface area contributed by atoms with Crippen LogP contribution in [0, 0.1) is 11.8 Å². The van der Waals surface area contributed by atoms with E-state index in [0.29, 0.717) is 49.9 Å². The van der Waals surface area contributed by atoms with Crippen molar-refractivity contribution in [2.75, 3.05) is 52.8 Å². The van der Waals surface area contributed by atoms with Gasteiger partial charge in [-0.2, -0.15) is 11.8 Å². The zero-order valence-electron chi connectivity index (χ0n) is 26.3. The van der Waals surface area contributed by atoms with Crippen LogP contribution in [0.15, 0.2) is 48.5 Å². The van der Waals surface area contributed by atoms with Crippen molar-refractivity contribution in [1.29, 1.82) is 0 Å². The molecule has 0 aliphatic carbocycles. The molecule has 1 aliphatic rings. The standard InChI is InChI=1S/C33H48N2O6S/c1-24(2)35(31(36)26-14-15-29(39-7)30(18-26)40-17-11-16-38-6)21-27-19-34(32(37)41-33(3,4)5)20-28(27)23-42-22-25-12-9-8-10-13-25/h8-10,12-15,18,24,27-28H,11,16-17,19-23H2,1-7H3/t27-,28-/m0/s1. The second-order valence-corrected chi connectivity index (χ2v) is 13.0. The Hall–Kier alpha value is -2.91. The van der Waals surface area contributed by atoms with Gasteiger partial charge in [-0.25, -0.2) is 4.79 Å². The lowest BCUT2D eigenvalue weighted by Crippen LogP contribution is -2.42. The van der Waals surface area contributed by atoms with Gasteiger partial charge in [0.25, 0.3) is 5.91 Å². The summed E-state index contributed by atoms with van der Waals surface area (Å²) < 4.78 is 22.2. The summed E-state index contributed by atoms with van der Waals surface area (Å²) in [5.74, 6) is 3.20. The molecule has 1 fully saturated rings. The van der Waals surface area contributed by atoms with Gasteiger partial charge in [-0.3, -0.25) is 4.79 Å². The minimum Gasteiger partial charge on any atom is -0.493 e. The lowest BCUT2D eigenvalue weighted by Gasteiger charge is -2.31. The number of hydrogen-bond donors (Lipinski definition) is 0. The van der Waals surface area contributed by atoms with Gasteiger partial charge in [-0.05, 0) is 76.0 Å². The maximum Gasteiger partial charge on any atom is 0.410 e. The monoisotopic (exact) mass is 600 g/mol. The third-order valence-electron chi connectivity index (χ3n) is 7.15. The summed E-state index contributed by atoms with van der Waals surface area (Å²) >= 11 is 1.87. The predicted octanol–water partition coefficient (Wildman–Crippen LogP) is 6.38. The molecule has 0 bridgehead atoms. The highest BCUT2D eigenvalue weighted by Crippen LogP contribution is 2.32. The van der Waals surface area contributed by atoms with Gasteiger partial charge in [0.15, 0.2) is 11.5 Å². The van der Waals surface area contributed by atoms with E-state index in [4.69, 9.17) is 18.9 Å². The van der Waals surface area contributed by atoms with Crippen LogP contribution < -0.4 is 9.47 Å². The number of likely N-dealkylation sites (tertiary alicyclic amines) is 1. The molecule has 0 unspecified atom stereocenters. The minimum absolute atomic E-state index is 0.0288. The van der Waals surface area contributed by atoms with Gasteiger partial charge in [0.2, 0.25) is 0 Å². The van der Waals surface area contributed by atoms with E-state index in [2.05, 4.69) is 24.3 Å². The molecule has 0 spiro atoms. The zero-order valence-corrected chi connectivity index (χ0v) is 27.1. The molecule has 2 amide bonds. The summed E-state index contributed by atoms with van der Waals surface area (Å²) in [6, 6.07) is 15.7. The van der Waals surface area contributed by atoms with Crippen molar-refractivity contribution in [3.63, 3.8) is 0 Å². The first-order valence-corrected chi connectivity index (χ1v) is 15.9. The molecule has 0 aromatic heterocycles. The van der Waals surface area contributed by atoms with Crippen LogP contribution >= 0.6 is 11.8 Å². The molecule has 0 N–H and O–H groups in total. The van der Waals surface area contributed by atoms with Crippen LogP contribution in [0.4, 0.5) is 4.79 Å². The lowest BCUT2D eigenvalue weighted by atomic mass is 9.96. The smallest absolute Gasteiger partial charge is 0.410 e. The number of carbonyl (C=O) groups is 2.